The molecule has 0 saturated carbocycles. The van der Waals surface area contributed by atoms with Crippen LogP contribution in [-0.2, 0) is 42.9 Å². The molecule has 15 nitrogen and oxygen atoms in total. The molecule has 0 unspecified atom stereocenters. The van der Waals surface area contributed by atoms with Gasteiger partial charge in [0.05, 0.1) is 77.5 Å². The second kappa shape index (κ2) is 23.0. The summed E-state index contributed by atoms with van der Waals surface area (Å²) in [6, 6.07) is 9.52. The van der Waals surface area contributed by atoms with Crippen molar-refractivity contribution in [3.05, 3.63) is 72.9 Å². The topological polar surface area (TPSA) is 170 Å². The Morgan fingerprint density at radius 2 is 0.789 bits per heavy atom. The molecule has 0 amide bonds. The quantitative estimate of drug-likeness (QED) is 0.230. The largest absolute Gasteiger partial charge is 0.493 e. The van der Waals surface area contributed by atoms with Gasteiger partial charge in [-0.3, -0.25) is 19.2 Å². The molecule has 4 atom stereocenters. The van der Waals surface area contributed by atoms with E-state index in [9.17, 15) is 19.2 Å². The van der Waals surface area contributed by atoms with Crippen LogP contribution in [0, 0.1) is 23.7 Å². The van der Waals surface area contributed by atoms with E-state index >= 15 is 0 Å². The van der Waals surface area contributed by atoms with Gasteiger partial charge in [0, 0.05) is 12.1 Å². The standard InChI is InChI=1S/C42H50O15/c1-47-37-27-29-13-15-35(37)52-17-7-8-18-53-36-16-14-30(28-38(36)48-2)57-42(46)34-12-6-4-10-32(34)40(44)55-26-24-51-22-20-49-19-21-50-23-25-54-39(43)31-9-3-5-11-33(31)41(45)56-29/h3-8,13-16,27-28,31-34H,9-12,17-26H2,1-2H3/t31-,32+,33+,34-. The zero-order valence-corrected chi connectivity index (χ0v) is 32.3. The molecule has 3 aliphatic heterocycles. The normalized spacial score (nSPS) is 23.9. The van der Waals surface area contributed by atoms with Crippen LogP contribution in [0.3, 0.4) is 0 Å². The average molecular weight is 795 g/mol. The number of fused-ring (bicyclic) bond motifs is 2. The molecule has 2 aromatic carbocycles. The fourth-order valence-electron chi connectivity index (χ4n) is 6.29. The van der Waals surface area contributed by atoms with Crippen molar-refractivity contribution < 1.29 is 71.3 Å². The van der Waals surface area contributed by atoms with Gasteiger partial charge in [0.15, 0.2) is 23.0 Å². The molecule has 5 aliphatic rings. The van der Waals surface area contributed by atoms with E-state index in [-0.39, 0.29) is 64.4 Å². The minimum absolute atomic E-state index is 0.0186. The molecule has 0 aromatic heterocycles. The van der Waals surface area contributed by atoms with E-state index in [2.05, 4.69) is 0 Å². The minimum Gasteiger partial charge on any atom is -0.493 e. The van der Waals surface area contributed by atoms with Crippen LogP contribution in [0.5, 0.6) is 34.5 Å². The van der Waals surface area contributed by atoms with Crippen LogP contribution in [-0.4, -0.2) is 104 Å². The lowest BCUT2D eigenvalue weighted by Crippen LogP contribution is -2.35. The Morgan fingerprint density at radius 1 is 0.439 bits per heavy atom. The second-order valence-corrected chi connectivity index (χ2v) is 13.0. The van der Waals surface area contributed by atoms with Crippen LogP contribution in [0.15, 0.2) is 72.9 Å². The monoisotopic (exact) mass is 794 g/mol. The summed E-state index contributed by atoms with van der Waals surface area (Å²) in [4.78, 5) is 52.4. The molecule has 0 fully saturated rings. The molecule has 0 saturated heterocycles. The van der Waals surface area contributed by atoms with Crippen molar-refractivity contribution in [2.24, 2.45) is 23.7 Å². The van der Waals surface area contributed by atoms with Gasteiger partial charge >= 0.3 is 23.9 Å². The summed E-state index contributed by atoms with van der Waals surface area (Å²) in [6.45, 7) is 1.84. The summed E-state index contributed by atoms with van der Waals surface area (Å²) in [6.07, 6.45) is 12.3. The van der Waals surface area contributed by atoms with Crippen LogP contribution < -0.4 is 28.4 Å². The fourth-order valence-corrected chi connectivity index (χ4v) is 6.29. The molecule has 0 radical (unpaired) electrons. The molecule has 308 valence electrons. The summed E-state index contributed by atoms with van der Waals surface area (Å²) in [5.41, 5.74) is 0. The third-order valence-corrected chi connectivity index (χ3v) is 9.31. The second-order valence-electron chi connectivity index (χ2n) is 13.0. The lowest BCUT2D eigenvalue weighted by Gasteiger charge is -2.25. The summed E-state index contributed by atoms with van der Waals surface area (Å²) >= 11 is 0. The number of esters is 4. The van der Waals surface area contributed by atoms with Crippen molar-refractivity contribution in [1.29, 1.82) is 0 Å². The maximum Gasteiger partial charge on any atom is 0.315 e. The van der Waals surface area contributed by atoms with Gasteiger partial charge in [-0.05, 0) is 62.1 Å². The number of hydrogen-bond acceptors (Lipinski definition) is 15. The van der Waals surface area contributed by atoms with E-state index in [0.717, 1.165) is 0 Å². The van der Waals surface area contributed by atoms with Crippen molar-refractivity contribution >= 4 is 23.9 Å². The van der Waals surface area contributed by atoms with Crippen molar-refractivity contribution in [2.75, 3.05) is 80.3 Å². The van der Waals surface area contributed by atoms with E-state index in [1.54, 1.807) is 48.6 Å². The van der Waals surface area contributed by atoms with E-state index in [1.165, 1.54) is 14.2 Å². The molecule has 3 heterocycles. The zero-order chi connectivity index (χ0) is 40.2. The van der Waals surface area contributed by atoms with Gasteiger partial charge in [-0.1, -0.05) is 24.3 Å². The van der Waals surface area contributed by atoms with Gasteiger partial charge in [-0.15, -0.1) is 0 Å². The Bertz CT molecular complexity index is 1610. The number of benzene rings is 2. The lowest BCUT2D eigenvalue weighted by atomic mass is 9.83. The first-order chi connectivity index (χ1) is 27.9. The van der Waals surface area contributed by atoms with Crippen molar-refractivity contribution in [1.82, 2.24) is 0 Å². The lowest BCUT2D eigenvalue weighted by molar-refractivity contribution is -0.158. The summed E-state index contributed by atoms with van der Waals surface area (Å²) in [5.74, 6) is -2.93. The fraction of sp³-hybridized carbons (Fsp3) is 0.476. The van der Waals surface area contributed by atoms with Gasteiger partial charge in [0.1, 0.15) is 37.9 Å². The molecule has 7 rings (SSSR count). The van der Waals surface area contributed by atoms with E-state index < -0.39 is 47.5 Å². The first-order valence-electron chi connectivity index (χ1n) is 18.9. The average Bonchev–Trinajstić information content (AvgIpc) is 3.23. The first-order valence-corrected chi connectivity index (χ1v) is 18.9. The maximum absolute atomic E-state index is 13.2. The van der Waals surface area contributed by atoms with Crippen molar-refractivity contribution in [2.45, 2.75) is 25.7 Å². The number of rotatable bonds is 2. The van der Waals surface area contributed by atoms with Crippen LogP contribution in [0.1, 0.15) is 25.7 Å². The van der Waals surface area contributed by atoms with Gasteiger partial charge in [0.25, 0.3) is 0 Å². The number of allylic oxidation sites excluding steroid dienone is 4. The third-order valence-electron chi connectivity index (χ3n) is 9.31. The van der Waals surface area contributed by atoms with Crippen molar-refractivity contribution in [3.8, 4) is 34.5 Å². The Kier molecular flexibility index (Phi) is 17.2. The molecule has 2 aromatic rings. The van der Waals surface area contributed by atoms with Crippen LogP contribution in [0.25, 0.3) is 0 Å². The predicted octanol–water partition coefficient (Wildman–Crippen LogP) is 4.84. The smallest absolute Gasteiger partial charge is 0.315 e. The Labute approximate surface area is 331 Å². The molecular formula is C42H50O15. The van der Waals surface area contributed by atoms with Gasteiger partial charge in [-0.2, -0.15) is 0 Å². The van der Waals surface area contributed by atoms with E-state index in [1.807, 2.05) is 24.3 Å². The highest BCUT2D eigenvalue weighted by Crippen LogP contribution is 2.35. The minimum atomic E-state index is -0.723. The molecule has 15 heteroatoms. The Balaban J connectivity index is 1.21. The molecule has 2 aliphatic carbocycles. The number of ether oxygens (including phenoxy) is 11. The number of carbonyl (C=O) groups is 4. The zero-order valence-electron chi connectivity index (χ0n) is 32.3. The van der Waals surface area contributed by atoms with Crippen LogP contribution in [0.2, 0.25) is 0 Å². The summed E-state index contributed by atoms with van der Waals surface area (Å²) < 4.78 is 61.4. The molecule has 4 bridgehead atoms. The number of carbonyl (C=O) groups excluding carboxylic acids is 4. The highest BCUT2D eigenvalue weighted by Gasteiger charge is 2.38. The Morgan fingerprint density at radius 3 is 1.16 bits per heavy atom. The molecule has 0 spiro atoms. The van der Waals surface area contributed by atoms with Crippen LogP contribution in [0.4, 0.5) is 0 Å². The van der Waals surface area contributed by atoms with Crippen LogP contribution >= 0.6 is 0 Å². The number of hydrogen-bond donors (Lipinski definition) is 0. The van der Waals surface area contributed by atoms with E-state index in [0.29, 0.717) is 61.9 Å². The SMILES string of the molecule is COc1cc2ccc1OCC=CCOc1ccc(cc1OC)OC(=O)[C@@H]1CC=CC[C@@H]1C(=O)OCCOCCOCCOCCOC(=O)[C@@H]1CC=CC[C@@H]1C(=O)O2. The van der Waals surface area contributed by atoms with Gasteiger partial charge < -0.3 is 52.1 Å². The Hall–Kier alpha value is -5.38. The third kappa shape index (κ3) is 13.1. The predicted molar refractivity (Wildman–Crippen MR) is 202 cm³/mol. The number of methoxy groups -OCH3 is 2. The molecular weight excluding hydrogens is 744 g/mol. The van der Waals surface area contributed by atoms with Gasteiger partial charge in [-0.25, -0.2) is 0 Å². The summed E-state index contributed by atoms with van der Waals surface area (Å²) in [5, 5.41) is 0. The molecule has 0 N–H and O–H groups in total. The first kappa shape index (κ1) is 42.8. The molecule has 57 heavy (non-hydrogen) atoms. The van der Waals surface area contributed by atoms with Crippen molar-refractivity contribution in [3.63, 3.8) is 0 Å². The maximum atomic E-state index is 13.2. The van der Waals surface area contributed by atoms with E-state index in [4.69, 9.17) is 52.1 Å². The summed E-state index contributed by atoms with van der Waals surface area (Å²) in [7, 11) is 2.95. The highest BCUT2D eigenvalue weighted by molar-refractivity contribution is 5.85. The van der Waals surface area contributed by atoms with Gasteiger partial charge in [0.2, 0.25) is 0 Å². The highest BCUT2D eigenvalue weighted by atomic mass is 16.6.